The molecule has 0 fully saturated rings. The molecule has 0 amide bonds. The predicted octanol–water partition coefficient (Wildman–Crippen LogP) is 6.92. The average Bonchev–Trinajstić information content (AvgIpc) is 3.40. The normalized spacial score (nSPS) is 11.1. The number of hydrogen-bond donors (Lipinski definition) is 0. The van der Waals surface area contributed by atoms with Gasteiger partial charge in [-0.3, -0.25) is 0 Å². The summed E-state index contributed by atoms with van der Waals surface area (Å²) in [4.78, 5) is 7.00. The first-order valence-electron chi connectivity index (χ1n) is 12.6. The first kappa shape index (κ1) is 25.8. The van der Waals surface area contributed by atoms with E-state index in [1.807, 2.05) is 71.7 Å². The van der Waals surface area contributed by atoms with E-state index >= 15 is 0 Å². The van der Waals surface area contributed by atoms with Crippen LogP contribution in [0.4, 0.5) is 0 Å². The molecule has 0 unspecified atom stereocenters. The number of benzene rings is 3. The Morgan fingerprint density at radius 2 is 1.56 bits per heavy atom. The fourth-order valence-electron chi connectivity index (χ4n) is 4.05. The summed E-state index contributed by atoms with van der Waals surface area (Å²) < 4.78 is 13.8. The van der Waals surface area contributed by atoms with Crippen molar-refractivity contribution in [2.75, 3.05) is 32.8 Å². The van der Waals surface area contributed by atoms with Crippen LogP contribution < -0.4 is 9.47 Å². The molecule has 0 aliphatic heterocycles. The Hall–Kier alpha value is -3.28. The van der Waals surface area contributed by atoms with Crippen LogP contribution in [0.1, 0.15) is 25.8 Å². The summed E-state index contributed by atoms with van der Waals surface area (Å²) in [5.41, 5.74) is 4.17. The minimum absolute atomic E-state index is 0.601. The zero-order valence-electron chi connectivity index (χ0n) is 21.1. The Kier molecular flexibility index (Phi) is 9.42. The molecule has 0 N–H and O–H groups in total. The molecule has 36 heavy (non-hydrogen) atoms. The maximum absolute atomic E-state index is 6.05. The van der Waals surface area contributed by atoms with Crippen molar-refractivity contribution in [3.63, 3.8) is 0 Å². The van der Waals surface area contributed by atoms with Crippen molar-refractivity contribution in [2.24, 2.45) is 0 Å². The fraction of sp³-hybridized carbons (Fsp3) is 0.300. The molecule has 188 valence electrons. The topological polar surface area (TPSA) is 39.5 Å². The second-order valence-electron chi connectivity index (χ2n) is 8.64. The molecular formula is C30H34ClN3O2. The van der Waals surface area contributed by atoms with Crippen LogP contribution in [0, 0.1) is 0 Å². The highest BCUT2D eigenvalue weighted by Crippen LogP contribution is 2.23. The predicted molar refractivity (Wildman–Crippen MR) is 148 cm³/mol. The summed E-state index contributed by atoms with van der Waals surface area (Å²) >= 11 is 6.05. The van der Waals surface area contributed by atoms with Gasteiger partial charge in [-0.25, -0.2) is 4.98 Å². The summed E-state index contributed by atoms with van der Waals surface area (Å²) in [7, 11) is 0. The minimum Gasteiger partial charge on any atom is -0.494 e. The Bertz CT molecular complexity index is 1200. The lowest BCUT2D eigenvalue weighted by Gasteiger charge is -2.17. The van der Waals surface area contributed by atoms with Crippen molar-refractivity contribution in [1.82, 2.24) is 14.5 Å². The highest BCUT2D eigenvalue weighted by molar-refractivity contribution is 6.30. The maximum Gasteiger partial charge on any atom is 0.119 e. The highest BCUT2D eigenvalue weighted by Gasteiger charge is 2.06. The van der Waals surface area contributed by atoms with Gasteiger partial charge < -0.3 is 18.9 Å². The van der Waals surface area contributed by atoms with Crippen molar-refractivity contribution in [3.8, 4) is 28.4 Å². The van der Waals surface area contributed by atoms with Crippen LogP contribution in [0.15, 0.2) is 85.3 Å². The molecule has 0 saturated carbocycles. The molecule has 0 saturated heterocycles. The molecular weight excluding hydrogens is 470 g/mol. The summed E-state index contributed by atoms with van der Waals surface area (Å²) in [5, 5.41) is 0.752. The lowest BCUT2D eigenvalue weighted by Crippen LogP contribution is -2.25. The number of hydrogen-bond acceptors (Lipinski definition) is 4. The van der Waals surface area contributed by atoms with Crippen molar-refractivity contribution < 1.29 is 9.47 Å². The van der Waals surface area contributed by atoms with Gasteiger partial charge in [-0.05, 0) is 85.7 Å². The summed E-state index contributed by atoms with van der Waals surface area (Å²) in [6.45, 7) is 8.95. The van der Waals surface area contributed by atoms with Crippen molar-refractivity contribution >= 4 is 11.6 Å². The van der Waals surface area contributed by atoms with Gasteiger partial charge in [0.2, 0.25) is 0 Å². The van der Waals surface area contributed by atoms with Crippen LogP contribution in [-0.4, -0.2) is 47.3 Å². The molecule has 6 heteroatoms. The Balaban J connectivity index is 1.27. The molecule has 0 spiro atoms. The van der Waals surface area contributed by atoms with Gasteiger partial charge in [0, 0.05) is 35.4 Å². The highest BCUT2D eigenvalue weighted by atomic mass is 35.5. The molecule has 4 rings (SSSR count). The molecule has 5 nitrogen and oxygen atoms in total. The van der Waals surface area contributed by atoms with Gasteiger partial charge in [0.15, 0.2) is 0 Å². The van der Waals surface area contributed by atoms with E-state index in [9.17, 15) is 0 Å². The first-order valence-corrected chi connectivity index (χ1v) is 13.0. The van der Waals surface area contributed by atoms with Gasteiger partial charge in [0.25, 0.3) is 0 Å². The Labute approximate surface area is 219 Å². The quantitative estimate of drug-likeness (QED) is 0.185. The number of imidazole rings is 1. The van der Waals surface area contributed by atoms with E-state index in [2.05, 4.69) is 41.9 Å². The molecule has 0 bridgehead atoms. The van der Waals surface area contributed by atoms with Crippen LogP contribution >= 0.6 is 11.6 Å². The van der Waals surface area contributed by atoms with E-state index in [4.69, 9.17) is 21.1 Å². The summed E-state index contributed by atoms with van der Waals surface area (Å²) in [6, 6.07) is 24.1. The van der Waals surface area contributed by atoms with Gasteiger partial charge in [-0.15, -0.1) is 0 Å². The van der Waals surface area contributed by atoms with Crippen molar-refractivity contribution in [3.05, 3.63) is 95.9 Å². The number of aromatic nitrogens is 2. The van der Waals surface area contributed by atoms with E-state index in [-0.39, 0.29) is 0 Å². The molecule has 0 atom stereocenters. The van der Waals surface area contributed by atoms with E-state index in [0.717, 1.165) is 72.5 Å². The standard InChI is InChI=1S/C30H34ClN3O2/c1-3-33(4-2)18-6-19-35-29-15-11-27(12-16-29)34-22-30(32-23-34)25-9-13-28(14-10-25)36-20-17-24-7-5-8-26(31)21-24/h5,7-16,21-23H,3-4,6,17-20H2,1-2H3. The number of ether oxygens (including phenoxy) is 2. The van der Waals surface area contributed by atoms with E-state index in [0.29, 0.717) is 6.61 Å². The molecule has 0 radical (unpaired) electrons. The molecule has 3 aromatic carbocycles. The number of rotatable bonds is 13. The largest absolute Gasteiger partial charge is 0.494 e. The lowest BCUT2D eigenvalue weighted by molar-refractivity contribution is 0.249. The SMILES string of the molecule is CCN(CC)CCCOc1ccc(-n2cnc(-c3ccc(OCCc4cccc(Cl)c4)cc3)c2)cc1. The summed E-state index contributed by atoms with van der Waals surface area (Å²) in [6.07, 6.45) is 5.71. The lowest BCUT2D eigenvalue weighted by atomic mass is 10.1. The third kappa shape index (κ3) is 7.36. The van der Waals surface area contributed by atoms with Crippen LogP contribution in [-0.2, 0) is 6.42 Å². The molecule has 0 aliphatic carbocycles. The van der Waals surface area contributed by atoms with Crippen LogP contribution in [0.25, 0.3) is 16.9 Å². The van der Waals surface area contributed by atoms with Gasteiger partial charge in [0.05, 0.1) is 25.2 Å². The molecule has 4 aromatic rings. The first-order chi connectivity index (χ1) is 17.6. The average molecular weight is 504 g/mol. The van der Waals surface area contributed by atoms with Crippen LogP contribution in [0.2, 0.25) is 5.02 Å². The van der Waals surface area contributed by atoms with E-state index < -0.39 is 0 Å². The minimum atomic E-state index is 0.601. The van der Waals surface area contributed by atoms with Gasteiger partial charge in [-0.1, -0.05) is 37.6 Å². The van der Waals surface area contributed by atoms with Gasteiger partial charge >= 0.3 is 0 Å². The molecule has 1 aromatic heterocycles. The van der Waals surface area contributed by atoms with Crippen molar-refractivity contribution in [2.45, 2.75) is 26.7 Å². The second-order valence-corrected chi connectivity index (χ2v) is 9.08. The number of nitrogens with zero attached hydrogens (tertiary/aromatic N) is 3. The third-order valence-corrected chi connectivity index (χ3v) is 6.43. The Morgan fingerprint density at radius 1 is 0.861 bits per heavy atom. The maximum atomic E-state index is 6.05. The third-order valence-electron chi connectivity index (χ3n) is 6.20. The van der Waals surface area contributed by atoms with E-state index in [1.165, 1.54) is 5.56 Å². The zero-order chi connectivity index (χ0) is 25.2. The van der Waals surface area contributed by atoms with Gasteiger partial charge in [0.1, 0.15) is 11.5 Å². The molecule has 0 aliphatic rings. The Morgan fingerprint density at radius 3 is 2.25 bits per heavy atom. The summed E-state index contributed by atoms with van der Waals surface area (Å²) in [5.74, 6) is 1.73. The fourth-order valence-corrected chi connectivity index (χ4v) is 4.26. The monoisotopic (exact) mass is 503 g/mol. The number of halogens is 1. The van der Waals surface area contributed by atoms with Crippen molar-refractivity contribution in [1.29, 1.82) is 0 Å². The molecule has 1 heterocycles. The smallest absolute Gasteiger partial charge is 0.119 e. The van der Waals surface area contributed by atoms with Crippen LogP contribution in [0.3, 0.4) is 0 Å². The second kappa shape index (κ2) is 13.1. The van der Waals surface area contributed by atoms with Crippen LogP contribution in [0.5, 0.6) is 11.5 Å². The zero-order valence-corrected chi connectivity index (χ0v) is 21.8. The van der Waals surface area contributed by atoms with E-state index in [1.54, 1.807) is 0 Å². The van der Waals surface area contributed by atoms with Gasteiger partial charge in [-0.2, -0.15) is 0 Å².